The Hall–Kier alpha value is -2.47. The van der Waals surface area contributed by atoms with Gasteiger partial charge >= 0.3 is 6.03 Å². The van der Waals surface area contributed by atoms with Crippen LogP contribution in [0.15, 0.2) is 42.5 Å². The number of nitrogens with zero attached hydrogens (tertiary/aromatic N) is 2. The van der Waals surface area contributed by atoms with Gasteiger partial charge in [-0.1, -0.05) is 17.7 Å². The zero-order valence-corrected chi connectivity index (χ0v) is 13.8. The van der Waals surface area contributed by atoms with Crippen LogP contribution in [-0.2, 0) is 0 Å². The van der Waals surface area contributed by atoms with Crippen molar-refractivity contribution in [2.75, 3.05) is 18.5 Å². The fraction of sp³-hybridized carbons (Fsp3) is 0.176. The molecule has 0 aliphatic carbocycles. The molecule has 4 nitrogen and oxygen atoms in total. The van der Waals surface area contributed by atoms with E-state index in [1.165, 1.54) is 11.9 Å². The van der Waals surface area contributed by atoms with E-state index in [1.54, 1.807) is 31.2 Å². The summed E-state index contributed by atoms with van der Waals surface area (Å²) in [6, 6.07) is 8.81. The second kappa shape index (κ2) is 7.40. The first-order valence-corrected chi connectivity index (χ1v) is 7.53. The van der Waals surface area contributed by atoms with Crippen molar-refractivity contribution in [3.8, 4) is 0 Å². The highest BCUT2D eigenvalue weighted by Gasteiger charge is 2.28. The number of urea groups is 1. The van der Waals surface area contributed by atoms with Gasteiger partial charge in [-0.05, 0) is 43.3 Å². The van der Waals surface area contributed by atoms with Gasteiger partial charge in [-0.3, -0.25) is 14.6 Å². The lowest BCUT2D eigenvalue weighted by Gasteiger charge is -2.26. The van der Waals surface area contributed by atoms with E-state index in [4.69, 9.17) is 11.6 Å². The number of hydrogen-bond acceptors (Lipinski definition) is 2. The Bertz CT molecular complexity index is 745. The molecule has 0 atom stereocenters. The Kier molecular flexibility index (Phi) is 5.51. The van der Waals surface area contributed by atoms with E-state index in [2.05, 4.69) is 0 Å². The monoisotopic (exact) mass is 352 g/mol. The molecule has 0 heterocycles. The molecule has 0 bridgehead atoms. The van der Waals surface area contributed by atoms with Crippen molar-refractivity contribution in [1.29, 1.82) is 0 Å². The maximum absolute atomic E-state index is 13.7. The predicted molar refractivity (Wildman–Crippen MR) is 88.3 cm³/mol. The molecule has 0 unspecified atom stereocenters. The molecule has 0 spiro atoms. The van der Waals surface area contributed by atoms with Gasteiger partial charge in [-0.15, -0.1) is 0 Å². The van der Waals surface area contributed by atoms with Crippen LogP contribution in [0.4, 0.5) is 19.3 Å². The molecule has 0 fully saturated rings. The summed E-state index contributed by atoms with van der Waals surface area (Å²) in [6.07, 6.45) is 0. The van der Waals surface area contributed by atoms with Gasteiger partial charge in [-0.2, -0.15) is 0 Å². The van der Waals surface area contributed by atoms with Crippen molar-refractivity contribution < 1.29 is 18.4 Å². The number of carbonyl (C=O) groups excluding carboxylic acids is 2. The van der Waals surface area contributed by atoms with Crippen LogP contribution in [-0.4, -0.2) is 30.4 Å². The lowest BCUT2D eigenvalue weighted by atomic mass is 10.1. The highest BCUT2D eigenvalue weighted by Crippen LogP contribution is 2.20. The molecular formula is C17H15ClF2N2O2. The van der Waals surface area contributed by atoms with Crippen molar-refractivity contribution in [3.05, 3.63) is 64.7 Å². The van der Waals surface area contributed by atoms with Gasteiger partial charge in [0.05, 0.1) is 0 Å². The number of anilines is 1. The van der Waals surface area contributed by atoms with Crippen molar-refractivity contribution in [2.24, 2.45) is 0 Å². The molecule has 0 saturated carbocycles. The summed E-state index contributed by atoms with van der Waals surface area (Å²) in [5.74, 6) is -3.09. The Balaban J connectivity index is 2.30. The minimum Gasteiger partial charge on any atom is -0.294 e. The van der Waals surface area contributed by atoms with E-state index < -0.39 is 29.1 Å². The molecule has 7 heteroatoms. The van der Waals surface area contributed by atoms with Gasteiger partial charge in [0.2, 0.25) is 0 Å². The minimum atomic E-state index is -1.05. The molecule has 24 heavy (non-hydrogen) atoms. The van der Waals surface area contributed by atoms with Crippen LogP contribution in [0.3, 0.4) is 0 Å². The quantitative estimate of drug-likeness (QED) is 0.824. The number of carbonyl (C=O) groups is 2. The lowest BCUT2D eigenvalue weighted by Crippen LogP contribution is -2.44. The van der Waals surface area contributed by atoms with E-state index in [0.29, 0.717) is 15.6 Å². The van der Waals surface area contributed by atoms with Crippen LogP contribution < -0.4 is 4.90 Å². The van der Waals surface area contributed by atoms with Crippen LogP contribution in [0.2, 0.25) is 5.02 Å². The van der Waals surface area contributed by atoms with Crippen molar-refractivity contribution in [3.63, 3.8) is 0 Å². The molecule has 0 aliphatic rings. The molecule has 2 aromatic carbocycles. The first-order valence-electron chi connectivity index (χ1n) is 7.16. The number of hydrogen-bond donors (Lipinski definition) is 0. The highest BCUT2D eigenvalue weighted by atomic mass is 35.5. The third kappa shape index (κ3) is 3.54. The van der Waals surface area contributed by atoms with E-state index in [0.717, 1.165) is 18.2 Å². The zero-order valence-electron chi connectivity index (χ0n) is 13.1. The van der Waals surface area contributed by atoms with Crippen molar-refractivity contribution in [2.45, 2.75) is 6.92 Å². The Morgan fingerprint density at radius 2 is 1.58 bits per heavy atom. The average molecular weight is 353 g/mol. The maximum atomic E-state index is 13.7. The molecule has 3 amide bonds. The molecule has 126 valence electrons. The number of benzene rings is 2. The molecule has 2 rings (SSSR count). The summed E-state index contributed by atoms with van der Waals surface area (Å²) in [6.45, 7) is 1.98. The fourth-order valence-corrected chi connectivity index (χ4v) is 2.31. The molecule has 0 radical (unpaired) electrons. The molecule has 0 aliphatic heterocycles. The van der Waals surface area contributed by atoms with Crippen LogP contribution in [0.5, 0.6) is 0 Å². The van der Waals surface area contributed by atoms with Gasteiger partial charge in [0.25, 0.3) is 5.91 Å². The Morgan fingerprint density at radius 3 is 2.08 bits per heavy atom. The van der Waals surface area contributed by atoms with Crippen LogP contribution in [0, 0.1) is 11.6 Å². The van der Waals surface area contributed by atoms with Crippen molar-refractivity contribution >= 4 is 29.2 Å². The first-order chi connectivity index (χ1) is 11.4. The smallest absolute Gasteiger partial charge is 0.294 e. The summed E-state index contributed by atoms with van der Waals surface area (Å²) in [5, 5.41) is 0.500. The Morgan fingerprint density at radius 1 is 1.04 bits per heavy atom. The second-order valence-corrected chi connectivity index (χ2v) is 5.40. The van der Waals surface area contributed by atoms with Gasteiger partial charge < -0.3 is 0 Å². The van der Waals surface area contributed by atoms with Gasteiger partial charge in [0, 0.05) is 24.3 Å². The number of amides is 3. The number of rotatable bonds is 3. The fourth-order valence-electron chi connectivity index (χ4n) is 2.19. The number of imide groups is 1. The second-order valence-electron chi connectivity index (χ2n) is 4.96. The standard InChI is InChI=1S/C17H15ClF2N2O2/c1-3-22(12-9-7-11(18)8-10-12)17(24)21(2)16(23)15-13(19)5-4-6-14(15)20/h4-10H,3H2,1-2H3. The molecule has 0 saturated heterocycles. The topological polar surface area (TPSA) is 40.6 Å². The predicted octanol–water partition coefficient (Wildman–Crippen LogP) is 4.34. The maximum Gasteiger partial charge on any atom is 0.331 e. The van der Waals surface area contributed by atoms with Gasteiger partial charge in [-0.25, -0.2) is 13.6 Å². The third-order valence-corrected chi connectivity index (χ3v) is 3.71. The Labute approximate surface area is 143 Å². The molecule has 2 aromatic rings. The van der Waals surface area contributed by atoms with Gasteiger partial charge in [0.15, 0.2) is 0 Å². The SMILES string of the molecule is CCN(C(=O)N(C)C(=O)c1c(F)cccc1F)c1ccc(Cl)cc1. The average Bonchev–Trinajstić information content (AvgIpc) is 2.56. The van der Waals surface area contributed by atoms with Crippen LogP contribution in [0.25, 0.3) is 0 Å². The summed E-state index contributed by atoms with van der Waals surface area (Å²) in [4.78, 5) is 26.8. The molecular weight excluding hydrogens is 338 g/mol. The van der Waals surface area contributed by atoms with Crippen LogP contribution >= 0.6 is 11.6 Å². The molecule has 0 aromatic heterocycles. The van der Waals surface area contributed by atoms with E-state index in [-0.39, 0.29) is 6.54 Å². The lowest BCUT2D eigenvalue weighted by molar-refractivity contribution is 0.0827. The first kappa shape index (κ1) is 17.9. The summed E-state index contributed by atoms with van der Waals surface area (Å²) < 4.78 is 27.5. The largest absolute Gasteiger partial charge is 0.331 e. The third-order valence-electron chi connectivity index (χ3n) is 3.45. The van der Waals surface area contributed by atoms with E-state index >= 15 is 0 Å². The number of halogens is 3. The van der Waals surface area contributed by atoms with E-state index in [9.17, 15) is 18.4 Å². The van der Waals surface area contributed by atoms with Crippen molar-refractivity contribution in [1.82, 2.24) is 4.90 Å². The minimum absolute atomic E-state index is 0.262. The van der Waals surface area contributed by atoms with E-state index in [1.807, 2.05) is 0 Å². The zero-order chi connectivity index (χ0) is 17.9. The van der Waals surface area contributed by atoms with Gasteiger partial charge in [0.1, 0.15) is 17.2 Å². The summed E-state index contributed by atoms with van der Waals surface area (Å²) >= 11 is 5.82. The van der Waals surface area contributed by atoms with Crippen LogP contribution in [0.1, 0.15) is 17.3 Å². The summed E-state index contributed by atoms with van der Waals surface area (Å²) in [5.41, 5.74) is -0.249. The summed E-state index contributed by atoms with van der Waals surface area (Å²) in [7, 11) is 1.18. The molecule has 0 N–H and O–H groups in total. The normalized spacial score (nSPS) is 10.4. The highest BCUT2D eigenvalue weighted by molar-refractivity contribution is 6.30.